The highest BCUT2D eigenvalue weighted by atomic mass is 16.2. The predicted octanol–water partition coefficient (Wildman–Crippen LogP) is 2.83. The van der Waals surface area contributed by atoms with Crippen LogP contribution in [0.3, 0.4) is 0 Å². The molecule has 1 amide bonds. The molecule has 3 atom stereocenters. The molecule has 1 aliphatic carbocycles. The Morgan fingerprint density at radius 1 is 1.17 bits per heavy atom. The van der Waals surface area contributed by atoms with Gasteiger partial charge in [-0.2, -0.15) is 0 Å². The Morgan fingerprint density at radius 3 is 2.62 bits per heavy atom. The molecule has 24 heavy (non-hydrogen) atoms. The highest BCUT2D eigenvalue weighted by Crippen LogP contribution is 2.39. The molecule has 4 nitrogen and oxygen atoms in total. The normalized spacial score (nSPS) is 26.5. The first-order valence-electron chi connectivity index (χ1n) is 8.91. The Hall–Kier alpha value is -1.94. The van der Waals surface area contributed by atoms with Crippen molar-refractivity contribution < 1.29 is 4.79 Å². The molecule has 1 saturated heterocycles. The number of nitrogens with one attached hydrogen (secondary N) is 2. The lowest BCUT2D eigenvalue weighted by molar-refractivity contribution is -0.126. The van der Waals surface area contributed by atoms with E-state index in [9.17, 15) is 4.79 Å². The SMILES string of the molecule is CC(C)(NC(=O)C1C[C@H]2CNC[C@H]2C1)c1nccc2ccccc12. The van der Waals surface area contributed by atoms with Crippen molar-refractivity contribution in [2.45, 2.75) is 32.2 Å². The third-order valence-corrected chi connectivity index (χ3v) is 5.73. The number of fused-ring (bicyclic) bond motifs is 2. The van der Waals surface area contributed by atoms with E-state index in [0.29, 0.717) is 11.8 Å². The van der Waals surface area contributed by atoms with E-state index < -0.39 is 5.54 Å². The van der Waals surface area contributed by atoms with Crippen LogP contribution >= 0.6 is 0 Å². The van der Waals surface area contributed by atoms with E-state index in [-0.39, 0.29) is 11.8 Å². The molecule has 2 N–H and O–H groups in total. The molecule has 126 valence electrons. The Kier molecular flexibility index (Phi) is 3.80. The number of carbonyl (C=O) groups is 1. The minimum absolute atomic E-state index is 0.149. The molecule has 0 radical (unpaired) electrons. The molecule has 2 fully saturated rings. The highest BCUT2D eigenvalue weighted by Gasteiger charge is 2.41. The lowest BCUT2D eigenvalue weighted by Crippen LogP contribution is -2.44. The first kappa shape index (κ1) is 15.6. The van der Waals surface area contributed by atoms with Gasteiger partial charge in [-0.05, 0) is 63.1 Å². The van der Waals surface area contributed by atoms with Gasteiger partial charge >= 0.3 is 0 Å². The quantitative estimate of drug-likeness (QED) is 0.913. The summed E-state index contributed by atoms with van der Waals surface area (Å²) in [7, 11) is 0. The van der Waals surface area contributed by atoms with Crippen LogP contribution in [0, 0.1) is 17.8 Å². The van der Waals surface area contributed by atoms with E-state index in [1.54, 1.807) is 0 Å². The van der Waals surface area contributed by atoms with E-state index >= 15 is 0 Å². The lowest BCUT2D eigenvalue weighted by atomic mass is 9.93. The first-order chi connectivity index (χ1) is 11.5. The van der Waals surface area contributed by atoms with Crippen molar-refractivity contribution in [1.29, 1.82) is 0 Å². The maximum atomic E-state index is 12.8. The molecule has 0 bridgehead atoms. The van der Waals surface area contributed by atoms with Crippen molar-refractivity contribution in [1.82, 2.24) is 15.6 Å². The fourth-order valence-electron chi connectivity index (χ4n) is 4.47. The van der Waals surface area contributed by atoms with Crippen molar-refractivity contribution in [3.8, 4) is 0 Å². The van der Waals surface area contributed by atoms with Crippen molar-refractivity contribution >= 4 is 16.7 Å². The summed E-state index contributed by atoms with van der Waals surface area (Å²) in [6.45, 7) is 6.25. The molecule has 1 aliphatic heterocycles. The van der Waals surface area contributed by atoms with Gasteiger partial charge in [0.1, 0.15) is 0 Å². The molecule has 0 spiro atoms. The molecule has 2 aromatic rings. The van der Waals surface area contributed by atoms with Crippen LogP contribution in [0.1, 0.15) is 32.4 Å². The topological polar surface area (TPSA) is 54.0 Å². The predicted molar refractivity (Wildman–Crippen MR) is 95.5 cm³/mol. The van der Waals surface area contributed by atoms with Crippen LogP contribution in [-0.2, 0) is 10.3 Å². The fraction of sp³-hybridized carbons (Fsp3) is 0.500. The molecule has 4 heteroatoms. The van der Waals surface area contributed by atoms with Gasteiger partial charge in [-0.25, -0.2) is 0 Å². The standard InChI is InChI=1S/C20H25N3O/c1-20(2,18-17-6-4-3-5-13(17)7-8-22-18)23-19(24)14-9-15-11-21-12-16(15)10-14/h3-8,14-16,21H,9-12H2,1-2H3,(H,23,24)/t14?,15-,16+. The molecule has 1 aromatic heterocycles. The molecular weight excluding hydrogens is 298 g/mol. The molecule has 1 saturated carbocycles. The molecule has 2 aliphatic rings. The van der Waals surface area contributed by atoms with Crippen molar-refractivity contribution in [3.05, 3.63) is 42.2 Å². The average molecular weight is 323 g/mol. The Morgan fingerprint density at radius 2 is 1.88 bits per heavy atom. The van der Waals surface area contributed by atoms with Crippen LogP contribution in [-0.4, -0.2) is 24.0 Å². The number of aromatic nitrogens is 1. The van der Waals surface area contributed by atoms with E-state index in [0.717, 1.165) is 42.4 Å². The van der Waals surface area contributed by atoms with Gasteiger partial charge in [0, 0.05) is 17.5 Å². The summed E-state index contributed by atoms with van der Waals surface area (Å²) in [5.74, 6) is 1.69. The van der Waals surface area contributed by atoms with Gasteiger partial charge in [-0.3, -0.25) is 9.78 Å². The summed E-state index contributed by atoms with van der Waals surface area (Å²) in [6, 6.07) is 10.2. The number of amides is 1. The Labute approximate surface area is 143 Å². The van der Waals surface area contributed by atoms with Crippen molar-refractivity contribution in [2.75, 3.05) is 13.1 Å². The van der Waals surface area contributed by atoms with Crippen LogP contribution in [0.25, 0.3) is 10.8 Å². The van der Waals surface area contributed by atoms with Crippen LogP contribution < -0.4 is 10.6 Å². The minimum atomic E-state index is -0.478. The van der Waals surface area contributed by atoms with E-state index in [1.807, 2.05) is 24.4 Å². The zero-order valence-corrected chi connectivity index (χ0v) is 14.4. The number of nitrogens with zero attached hydrogens (tertiary/aromatic N) is 1. The second kappa shape index (κ2) is 5.85. The third-order valence-electron chi connectivity index (χ3n) is 5.73. The first-order valence-corrected chi connectivity index (χ1v) is 8.91. The molecule has 1 aromatic carbocycles. The van der Waals surface area contributed by atoms with E-state index in [1.165, 1.54) is 0 Å². The minimum Gasteiger partial charge on any atom is -0.345 e. The summed E-state index contributed by atoms with van der Waals surface area (Å²) in [5, 5.41) is 8.98. The largest absolute Gasteiger partial charge is 0.345 e. The maximum absolute atomic E-state index is 12.8. The molecule has 1 unspecified atom stereocenters. The van der Waals surface area contributed by atoms with Gasteiger partial charge in [0.2, 0.25) is 5.91 Å². The van der Waals surface area contributed by atoms with Crippen LogP contribution in [0.4, 0.5) is 0 Å². The van der Waals surface area contributed by atoms with Gasteiger partial charge in [0.15, 0.2) is 0 Å². The van der Waals surface area contributed by atoms with Crippen molar-refractivity contribution in [2.24, 2.45) is 17.8 Å². The number of pyridine rings is 1. The zero-order chi connectivity index (χ0) is 16.7. The number of hydrogen-bond donors (Lipinski definition) is 2. The molecular formula is C20H25N3O. The second-order valence-corrected chi connectivity index (χ2v) is 7.84. The van der Waals surface area contributed by atoms with Crippen LogP contribution in [0.2, 0.25) is 0 Å². The summed E-state index contributed by atoms with van der Waals surface area (Å²) >= 11 is 0. The number of carbonyl (C=O) groups excluding carboxylic acids is 1. The molecule has 4 rings (SSSR count). The summed E-state index contributed by atoms with van der Waals surface area (Å²) in [4.78, 5) is 17.4. The number of rotatable bonds is 3. The Balaban J connectivity index is 1.55. The molecule has 2 heterocycles. The Bertz CT molecular complexity index is 753. The smallest absolute Gasteiger partial charge is 0.223 e. The summed E-state index contributed by atoms with van der Waals surface area (Å²) in [5.41, 5.74) is 0.460. The third kappa shape index (κ3) is 2.69. The monoisotopic (exact) mass is 323 g/mol. The van der Waals surface area contributed by atoms with Crippen LogP contribution in [0.15, 0.2) is 36.5 Å². The van der Waals surface area contributed by atoms with Gasteiger partial charge in [-0.15, -0.1) is 0 Å². The fourth-order valence-corrected chi connectivity index (χ4v) is 4.47. The number of hydrogen-bond acceptors (Lipinski definition) is 3. The van der Waals surface area contributed by atoms with E-state index in [4.69, 9.17) is 0 Å². The maximum Gasteiger partial charge on any atom is 0.223 e. The van der Waals surface area contributed by atoms with Crippen LogP contribution in [0.5, 0.6) is 0 Å². The van der Waals surface area contributed by atoms with E-state index in [2.05, 4.69) is 41.6 Å². The second-order valence-electron chi connectivity index (χ2n) is 7.84. The number of benzene rings is 1. The summed E-state index contributed by atoms with van der Waals surface area (Å²) in [6.07, 6.45) is 3.86. The van der Waals surface area contributed by atoms with Gasteiger partial charge in [0.25, 0.3) is 0 Å². The lowest BCUT2D eigenvalue weighted by Gasteiger charge is -2.28. The van der Waals surface area contributed by atoms with Gasteiger partial charge < -0.3 is 10.6 Å². The highest BCUT2D eigenvalue weighted by molar-refractivity contribution is 5.86. The zero-order valence-electron chi connectivity index (χ0n) is 14.4. The van der Waals surface area contributed by atoms with Gasteiger partial charge in [0.05, 0.1) is 11.2 Å². The average Bonchev–Trinajstić information content (AvgIpc) is 3.15. The van der Waals surface area contributed by atoms with Gasteiger partial charge in [-0.1, -0.05) is 24.3 Å². The van der Waals surface area contributed by atoms with Crippen molar-refractivity contribution in [3.63, 3.8) is 0 Å². The summed E-state index contributed by atoms with van der Waals surface area (Å²) < 4.78 is 0.